The fraction of sp³-hybridized carbons (Fsp3) is 0.385. The number of pyridine rings is 1. The Morgan fingerprint density at radius 2 is 2.11 bits per heavy atom. The van der Waals surface area contributed by atoms with Crippen molar-refractivity contribution in [3.63, 3.8) is 0 Å². The van der Waals surface area contributed by atoms with E-state index in [9.17, 15) is 4.79 Å². The Balaban J connectivity index is 1.95. The average molecular weight is 246 g/mol. The van der Waals surface area contributed by atoms with Crippen molar-refractivity contribution in [2.45, 2.75) is 0 Å². The number of piperazine rings is 1. The molecule has 96 valence electrons. The van der Waals surface area contributed by atoms with E-state index in [0.29, 0.717) is 11.4 Å². The quantitative estimate of drug-likeness (QED) is 0.794. The number of nitrogens with zero attached hydrogens (tertiary/aromatic N) is 3. The van der Waals surface area contributed by atoms with E-state index >= 15 is 0 Å². The molecule has 1 aliphatic rings. The third-order valence-corrected chi connectivity index (χ3v) is 3.05. The molecule has 2 rings (SSSR count). The SMILES string of the molecule is C=CCN1CCN(C(=O)c2ccc(N)cn2)CC1. The van der Waals surface area contributed by atoms with Crippen molar-refractivity contribution in [2.75, 3.05) is 38.5 Å². The Morgan fingerprint density at radius 3 is 2.67 bits per heavy atom. The predicted octanol–water partition coefficient (Wildman–Crippen LogP) is 0.608. The van der Waals surface area contributed by atoms with Crippen molar-refractivity contribution in [1.29, 1.82) is 0 Å². The first-order valence-electron chi connectivity index (χ1n) is 6.05. The highest BCUT2D eigenvalue weighted by Crippen LogP contribution is 2.08. The molecule has 2 N–H and O–H groups in total. The van der Waals surface area contributed by atoms with Gasteiger partial charge in [-0.05, 0) is 12.1 Å². The minimum atomic E-state index is -0.0201. The molecule has 0 saturated carbocycles. The first-order chi connectivity index (χ1) is 8.70. The molecule has 0 atom stereocenters. The number of carbonyl (C=O) groups is 1. The van der Waals surface area contributed by atoms with E-state index in [0.717, 1.165) is 32.7 Å². The maximum atomic E-state index is 12.2. The number of aromatic nitrogens is 1. The number of rotatable bonds is 3. The second-order valence-electron chi connectivity index (χ2n) is 4.36. The summed E-state index contributed by atoms with van der Waals surface area (Å²) in [6, 6.07) is 3.38. The lowest BCUT2D eigenvalue weighted by Gasteiger charge is -2.33. The first kappa shape index (κ1) is 12.6. The molecular formula is C13H18N4O. The summed E-state index contributed by atoms with van der Waals surface area (Å²) in [6.45, 7) is 7.83. The van der Waals surface area contributed by atoms with Crippen LogP contribution in [0.15, 0.2) is 31.0 Å². The van der Waals surface area contributed by atoms with Gasteiger partial charge in [0.05, 0.1) is 11.9 Å². The highest BCUT2D eigenvalue weighted by atomic mass is 16.2. The number of carbonyl (C=O) groups excluding carboxylic acids is 1. The lowest BCUT2D eigenvalue weighted by molar-refractivity contribution is 0.0644. The number of amides is 1. The van der Waals surface area contributed by atoms with Crippen LogP contribution in [0.25, 0.3) is 0 Å². The number of anilines is 1. The lowest BCUT2D eigenvalue weighted by Crippen LogP contribution is -2.48. The molecule has 1 fully saturated rings. The minimum absolute atomic E-state index is 0.0201. The van der Waals surface area contributed by atoms with Crippen molar-refractivity contribution >= 4 is 11.6 Å². The van der Waals surface area contributed by atoms with Crippen LogP contribution in [0.5, 0.6) is 0 Å². The van der Waals surface area contributed by atoms with Gasteiger partial charge >= 0.3 is 0 Å². The van der Waals surface area contributed by atoms with Crippen molar-refractivity contribution in [1.82, 2.24) is 14.8 Å². The normalized spacial score (nSPS) is 16.6. The number of nitrogens with two attached hydrogens (primary N) is 1. The fourth-order valence-electron chi connectivity index (χ4n) is 2.01. The Kier molecular flexibility index (Phi) is 3.94. The zero-order valence-electron chi connectivity index (χ0n) is 10.4. The van der Waals surface area contributed by atoms with E-state index in [4.69, 9.17) is 5.73 Å². The number of hydrogen-bond donors (Lipinski definition) is 1. The van der Waals surface area contributed by atoms with E-state index in [1.807, 2.05) is 11.0 Å². The van der Waals surface area contributed by atoms with Crippen molar-refractivity contribution in [2.24, 2.45) is 0 Å². The Hall–Kier alpha value is -1.88. The van der Waals surface area contributed by atoms with Gasteiger partial charge < -0.3 is 10.6 Å². The summed E-state index contributed by atoms with van der Waals surface area (Å²) in [6.07, 6.45) is 3.40. The molecular weight excluding hydrogens is 228 g/mol. The topological polar surface area (TPSA) is 62.5 Å². The highest BCUT2D eigenvalue weighted by molar-refractivity contribution is 5.92. The molecule has 5 heteroatoms. The smallest absolute Gasteiger partial charge is 0.272 e. The van der Waals surface area contributed by atoms with Gasteiger partial charge in [-0.15, -0.1) is 6.58 Å². The standard InChI is InChI=1S/C13H18N4O/c1-2-5-16-6-8-17(9-7-16)13(18)12-4-3-11(14)10-15-12/h2-4,10H,1,5-9,14H2. The maximum absolute atomic E-state index is 12.2. The van der Waals surface area contributed by atoms with Gasteiger partial charge in [0.1, 0.15) is 5.69 Å². The van der Waals surface area contributed by atoms with Gasteiger partial charge in [-0.2, -0.15) is 0 Å². The van der Waals surface area contributed by atoms with Crippen molar-refractivity contribution in [3.8, 4) is 0 Å². The van der Waals surface area contributed by atoms with E-state index in [1.165, 1.54) is 6.20 Å². The molecule has 18 heavy (non-hydrogen) atoms. The number of hydrogen-bond acceptors (Lipinski definition) is 4. The van der Waals surface area contributed by atoms with Crippen molar-refractivity contribution in [3.05, 3.63) is 36.7 Å². The largest absolute Gasteiger partial charge is 0.397 e. The van der Waals surface area contributed by atoms with E-state index in [-0.39, 0.29) is 5.91 Å². The van der Waals surface area contributed by atoms with Crippen LogP contribution in [0.4, 0.5) is 5.69 Å². The molecule has 0 unspecified atom stereocenters. The molecule has 1 aliphatic heterocycles. The van der Waals surface area contributed by atoms with Gasteiger partial charge in [0.15, 0.2) is 0 Å². The Labute approximate surface area is 107 Å². The third-order valence-electron chi connectivity index (χ3n) is 3.05. The molecule has 0 aliphatic carbocycles. The van der Waals surface area contributed by atoms with E-state index < -0.39 is 0 Å². The first-order valence-corrected chi connectivity index (χ1v) is 6.05. The Bertz CT molecular complexity index is 421. The van der Waals surface area contributed by atoms with E-state index in [2.05, 4.69) is 16.5 Å². The highest BCUT2D eigenvalue weighted by Gasteiger charge is 2.21. The third kappa shape index (κ3) is 2.87. The molecule has 0 aromatic carbocycles. The van der Waals surface area contributed by atoms with Crippen LogP contribution in [-0.4, -0.2) is 53.4 Å². The summed E-state index contributed by atoms with van der Waals surface area (Å²) in [5.41, 5.74) is 6.58. The van der Waals surface area contributed by atoms with Crippen molar-refractivity contribution < 1.29 is 4.79 Å². The molecule has 0 spiro atoms. The zero-order valence-corrected chi connectivity index (χ0v) is 10.4. The van der Waals surface area contributed by atoms with Crippen LogP contribution in [0.2, 0.25) is 0 Å². The van der Waals surface area contributed by atoms with Gasteiger partial charge in [0.2, 0.25) is 0 Å². The van der Waals surface area contributed by atoms with Gasteiger partial charge in [0.25, 0.3) is 5.91 Å². The Morgan fingerprint density at radius 1 is 1.39 bits per heavy atom. The van der Waals surface area contributed by atoms with Gasteiger partial charge in [-0.1, -0.05) is 6.08 Å². The summed E-state index contributed by atoms with van der Waals surface area (Å²) in [4.78, 5) is 20.3. The van der Waals surface area contributed by atoms with Crippen LogP contribution in [-0.2, 0) is 0 Å². The van der Waals surface area contributed by atoms with Gasteiger partial charge in [-0.3, -0.25) is 9.69 Å². The maximum Gasteiger partial charge on any atom is 0.272 e. The van der Waals surface area contributed by atoms with Gasteiger partial charge in [0, 0.05) is 32.7 Å². The monoisotopic (exact) mass is 246 g/mol. The second kappa shape index (κ2) is 5.64. The summed E-state index contributed by atoms with van der Waals surface area (Å²) >= 11 is 0. The van der Waals surface area contributed by atoms with Crippen LogP contribution in [0, 0.1) is 0 Å². The summed E-state index contributed by atoms with van der Waals surface area (Å²) in [5.74, 6) is -0.0201. The average Bonchev–Trinajstić information content (AvgIpc) is 2.40. The second-order valence-corrected chi connectivity index (χ2v) is 4.36. The minimum Gasteiger partial charge on any atom is -0.397 e. The fourth-order valence-corrected chi connectivity index (χ4v) is 2.01. The summed E-state index contributed by atoms with van der Waals surface area (Å²) in [7, 11) is 0. The molecule has 1 aromatic rings. The molecule has 2 heterocycles. The van der Waals surface area contributed by atoms with Crippen LogP contribution < -0.4 is 5.73 Å². The molecule has 5 nitrogen and oxygen atoms in total. The summed E-state index contributed by atoms with van der Waals surface area (Å²) in [5, 5.41) is 0. The lowest BCUT2D eigenvalue weighted by atomic mass is 10.2. The predicted molar refractivity (Wildman–Crippen MR) is 71.2 cm³/mol. The van der Waals surface area contributed by atoms with E-state index in [1.54, 1.807) is 12.1 Å². The number of nitrogen functional groups attached to an aromatic ring is 1. The molecule has 1 amide bonds. The van der Waals surface area contributed by atoms with Gasteiger partial charge in [-0.25, -0.2) is 4.98 Å². The van der Waals surface area contributed by atoms with Crippen LogP contribution in [0.1, 0.15) is 10.5 Å². The molecule has 1 saturated heterocycles. The van der Waals surface area contributed by atoms with Crippen LogP contribution in [0.3, 0.4) is 0 Å². The molecule has 0 bridgehead atoms. The molecule has 0 radical (unpaired) electrons. The molecule has 1 aromatic heterocycles. The zero-order chi connectivity index (χ0) is 13.0. The summed E-state index contributed by atoms with van der Waals surface area (Å²) < 4.78 is 0. The van der Waals surface area contributed by atoms with Crippen LogP contribution >= 0.6 is 0 Å².